The zero-order valence-corrected chi connectivity index (χ0v) is 10.6. The Morgan fingerprint density at radius 2 is 1.75 bits per heavy atom. The fourth-order valence-electron chi connectivity index (χ4n) is 2.05. The summed E-state index contributed by atoms with van der Waals surface area (Å²) in [5.41, 5.74) is 1.64. The highest BCUT2D eigenvalue weighted by molar-refractivity contribution is 5.86. The summed E-state index contributed by atoms with van der Waals surface area (Å²) in [6, 6.07) is 10.1. The Labute approximate surface area is 98.2 Å². The molecular formula is C15H20O. The fraction of sp³-hybridized carbons (Fsp3) is 0.400. The topological polar surface area (TPSA) is 17.1 Å². The fourth-order valence-corrected chi connectivity index (χ4v) is 2.05. The summed E-state index contributed by atoms with van der Waals surface area (Å²) in [6.45, 7) is 11.6. The quantitative estimate of drug-likeness (QED) is 0.696. The van der Waals surface area contributed by atoms with E-state index in [4.69, 9.17) is 0 Å². The summed E-state index contributed by atoms with van der Waals surface area (Å²) in [4.78, 5) is 11.9. The van der Waals surface area contributed by atoms with E-state index in [0.717, 1.165) is 5.57 Å². The van der Waals surface area contributed by atoms with Gasteiger partial charge >= 0.3 is 0 Å². The van der Waals surface area contributed by atoms with Crippen molar-refractivity contribution in [2.75, 3.05) is 0 Å². The van der Waals surface area contributed by atoms with Crippen LogP contribution in [0.3, 0.4) is 0 Å². The van der Waals surface area contributed by atoms with E-state index in [1.165, 1.54) is 5.56 Å². The molecule has 1 heteroatoms. The largest absolute Gasteiger partial charge is 0.299 e. The molecule has 0 aliphatic rings. The number of rotatable bonds is 4. The van der Waals surface area contributed by atoms with Crippen molar-refractivity contribution in [1.82, 2.24) is 0 Å². The van der Waals surface area contributed by atoms with Gasteiger partial charge in [0.25, 0.3) is 0 Å². The SMILES string of the molecule is C=C(C)[C@](C)(C(C)=O)[C@H](C)c1ccccc1. The Balaban J connectivity index is 3.16. The molecule has 0 spiro atoms. The third-order valence-corrected chi connectivity index (χ3v) is 3.78. The van der Waals surface area contributed by atoms with Crippen molar-refractivity contribution in [3.63, 3.8) is 0 Å². The predicted molar refractivity (Wildman–Crippen MR) is 68.5 cm³/mol. The normalized spacial score (nSPS) is 16.2. The molecule has 1 aromatic carbocycles. The van der Waals surface area contributed by atoms with Crippen molar-refractivity contribution in [1.29, 1.82) is 0 Å². The Morgan fingerprint density at radius 1 is 1.25 bits per heavy atom. The Morgan fingerprint density at radius 3 is 2.12 bits per heavy atom. The molecule has 0 unspecified atom stereocenters. The van der Waals surface area contributed by atoms with Crippen molar-refractivity contribution >= 4 is 5.78 Å². The maximum atomic E-state index is 11.9. The van der Waals surface area contributed by atoms with Gasteiger partial charge in [-0.15, -0.1) is 0 Å². The summed E-state index contributed by atoms with van der Waals surface area (Å²) < 4.78 is 0. The number of carbonyl (C=O) groups excluding carboxylic acids is 1. The first-order chi connectivity index (χ1) is 7.40. The molecule has 0 radical (unpaired) electrons. The van der Waals surface area contributed by atoms with Crippen LogP contribution >= 0.6 is 0 Å². The van der Waals surface area contributed by atoms with Gasteiger partial charge in [-0.1, -0.05) is 49.4 Å². The molecule has 16 heavy (non-hydrogen) atoms. The minimum absolute atomic E-state index is 0.156. The third-order valence-electron chi connectivity index (χ3n) is 3.78. The monoisotopic (exact) mass is 216 g/mol. The van der Waals surface area contributed by atoms with Gasteiger partial charge in [-0.05, 0) is 32.3 Å². The lowest BCUT2D eigenvalue weighted by atomic mass is 9.68. The van der Waals surface area contributed by atoms with Crippen molar-refractivity contribution in [2.24, 2.45) is 5.41 Å². The van der Waals surface area contributed by atoms with Crippen LogP contribution in [0.4, 0.5) is 0 Å². The minimum atomic E-state index is -0.471. The van der Waals surface area contributed by atoms with E-state index in [-0.39, 0.29) is 11.7 Å². The molecule has 0 heterocycles. The highest BCUT2D eigenvalue weighted by Gasteiger charge is 2.37. The number of hydrogen-bond acceptors (Lipinski definition) is 1. The Hall–Kier alpha value is -1.37. The summed E-state index contributed by atoms with van der Waals surface area (Å²) in [5.74, 6) is 0.333. The molecule has 0 aliphatic heterocycles. The van der Waals surface area contributed by atoms with Gasteiger partial charge in [0, 0.05) is 0 Å². The van der Waals surface area contributed by atoms with E-state index in [1.54, 1.807) is 6.92 Å². The van der Waals surface area contributed by atoms with E-state index in [9.17, 15) is 4.79 Å². The molecule has 0 aromatic heterocycles. The highest BCUT2D eigenvalue weighted by atomic mass is 16.1. The molecule has 0 N–H and O–H groups in total. The average molecular weight is 216 g/mol. The van der Waals surface area contributed by atoms with Gasteiger partial charge in [0.05, 0.1) is 5.41 Å². The molecule has 0 aliphatic carbocycles. The van der Waals surface area contributed by atoms with Crippen molar-refractivity contribution in [3.05, 3.63) is 48.0 Å². The second-order valence-corrected chi connectivity index (χ2v) is 4.67. The lowest BCUT2D eigenvalue weighted by molar-refractivity contribution is -0.124. The first-order valence-corrected chi connectivity index (χ1v) is 5.62. The van der Waals surface area contributed by atoms with Crippen molar-refractivity contribution in [3.8, 4) is 0 Å². The molecule has 0 bridgehead atoms. The number of ketones is 1. The van der Waals surface area contributed by atoms with Gasteiger partial charge in [0.2, 0.25) is 0 Å². The van der Waals surface area contributed by atoms with Gasteiger partial charge in [-0.3, -0.25) is 4.79 Å². The second kappa shape index (κ2) is 4.65. The molecule has 0 saturated carbocycles. The van der Waals surface area contributed by atoms with Gasteiger partial charge in [0.1, 0.15) is 5.78 Å². The van der Waals surface area contributed by atoms with Gasteiger partial charge in [0.15, 0.2) is 0 Å². The Bertz CT molecular complexity index is 375. The van der Waals surface area contributed by atoms with Crippen LogP contribution in [-0.2, 0) is 4.79 Å². The first kappa shape index (κ1) is 12.7. The van der Waals surface area contributed by atoms with Crippen LogP contribution in [0.25, 0.3) is 0 Å². The first-order valence-electron chi connectivity index (χ1n) is 5.62. The van der Waals surface area contributed by atoms with Crippen LogP contribution in [0.1, 0.15) is 39.2 Å². The van der Waals surface area contributed by atoms with E-state index in [2.05, 4.69) is 25.6 Å². The summed E-state index contributed by atoms with van der Waals surface area (Å²) in [6.07, 6.45) is 0. The molecule has 2 atom stereocenters. The molecule has 0 saturated heterocycles. The van der Waals surface area contributed by atoms with Crippen LogP contribution in [-0.4, -0.2) is 5.78 Å². The van der Waals surface area contributed by atoms with Crippen LogP contribution in [0.15, 0.2) is 42.5 Å². The summed E-state index contributed by atoms with van der Waals surface area (Å²) in [7, 11) is 0. The zero-order chi connectivity index (χ0) is 12.3. The van der Waals surface area contributed by atoms with Gasteiger partial charge < -0.3 is 0 Å². The standard InChI is InChI=1S/C15H20O/c1-11(2)15(5,13(4)16)12(3)14-9-7-6-8-10-14/h6-10,12H,1H2,2-5H3/t12-,15+/m1/s1. The summed E-state index contributed by atoms with van der Waals surface area (Å²) >= 11 is 0. The lowest BCUT2D eigenvalue weighted by Crippen LogP contribution is -2.32. The number of carbonyl (C=O) groups is 1. The number of allylic oxidation sites excluding steroid dienone is 1. The molecule has 1 nitrogen and oxygen atoms in total. The number of benzene rings is 1. The molecule has 86 valence electrons. The molecule has 0 fully saturated rings. The maximum Gasteiger partial charge on any atom is 0.140 e. The van der Waals surface area contributed by atoms with Crippen molar-refractivity contribution < 1.29 is 4.79 Å². The predicted octanol–water partition coefficient (Wildman–Crippen LogP) is 3.96. The smallest absolute Gasteiger partial charge is 0.140 e. The number of hydrogen-bond donors (Lipinski definition) is 0. The van der Waals surface area contributed by atoms with Crippen LogP contribution in [0, 0.1) is 5.41 Å². The van der Waals surface area contributed by atoms with Crippen LogP contribution < -0.4 is 0 Å². The third kappa shape index (κ3) is 2.08. The molecular weight excluding hydrogens is 196 g/mol. The van der Waals surface area contributed by atoms with Gasteiger partial charge in [-0.25, -0.2) is 0 Å². The molecule has 0 amide bonds. The lowest BCUT2D eigenvalue weighted by Gasteiger charge is -2.34. The van der Waals surface area contributed by atoms with E-state index < -0.39 is 5.41 Å². The maximum absolute atomic E-state index is 11.9. The van der Waals surface area contributed by atoms with E-state index in [0.29, 0.717) is 0 Å². The summed E-state index contributed by atoms with van der Waals surface area (Å²) in [5, 5.41) is 0. The van der Waals surface area contributed by atoms with E-state index >= 15 is 0 Å². The highest BCUT2D eigenvalue weighted by Crippen LogP contribution is 2.41. The van der Waals surface area contributed by atoms with Crippen LogP contribution in [0.2, 0.25) is 0 Å². The zero-order valence-electron chi connectivity index (χ0n) is 10.6. The second-order valence-electron chi connectivity index (χ2n) is 4.67. The molecule has 1 rings (SSSR count). The Kier molecular flexibility index (Phi) is 3.69. The van der Waals surface area contributed by atoms with E-state index in [1.807, 2.05) is 32.0 Å². The molecule has 1 aromatic rings. The van der Waals surface area contributed by atoms with Crippen molar-refractivity contribution in [2.45, 2.75) is 33.6 Å². The minimum Gasteiger partial charge on any atom is -0.299 e. The van der Waals surface area contributed by atoms with Gasteiger partial charge in [-0.2, -0.15) is 0 Å². The van der Waals surface area contributed by atoms with Crippen LogP contribution in [0.5, 0.6) is 0 Å². The number of Topliss-reactive ketones (excluding diaryl/α,β-unsaturated/α-hetero) is 1. The average Bonchev–Trinajstić information content (AvgIpc) is 2.27.